The molecule has 44 heavy (non-hydrogen) atoms. The monoisotopic (exact) mass is 618 g/mol. The highest BCUT2D eigenvalue weighted by Gasteiger charge is 2.50. The van der Waals surface area contributed by atoms with Gasteiger partial charge in [-0.1, -0.05) is 31.0 Å². The zero-order valence-electron chi connectivity index (χ0n) is 28.1. The molecule has 3 fully saturated rings. The molecule has 3 aromatic rings. The lowest BCUT2D eigenvalue weighted by atomic mass is 9.76. The predicted octanol–water partition coefficient (Wildman–Crippen LogP) is 6.72. The van der Waals surface area contributed by atoms with Crippen molar-refractivity contribution in [3.8, 4) is 11.3 Å². The van der Waals surface area contributed by atoms with E-state index in [4.69, 9.17) is 4.74 Å². The SMILES string of the molecule is CCN(CC)CC1(OC)CCN(CCc2c(-c3cc(C)cc(C)c3)[nH]c3sc(C(C)(C)C(=O)C4C5CCC4NC5)cc23)CC1. The van der Waals surface area contributed by atoms with Crippen molar-refractivity contribution in [1.82, 2.24) is 20.1 Å². The van der Waals surface area contributed by atoms with E-state index in [9.17, 15) is 4.79 Å². The van der Waals surface area contributed by atoms with Crippen LogP contribution in [0, 0.1) is 25.7 Å². The molecular weight excluding hydrogens is 565 g/mol. The van der Waals surface area contributed by atoms with Gasteiger partial charge in [0, 0.05) is 55.5 Å². The van der Waals surface area contributed by atoms with Crippen molar-refractivity contribution in [2.75, 3.05) is 52.9 Å². The van der Waals surface area contributed by atoms with E-state index in [0.29, 0.717) is 17.7 Å². The van der Waals surface area contributed by atoms with E-state index >= 15 is 0 Å². The molecule has 1 aliphatic carbocycles. The molecule has 1 saturated carbocycles. The third-order valence-electron chi connectivity index (χ3n) is 11.4. The van der Waals surface area contributed by atoms with Crippen LogP contribution in [0.5, 0.6) is 0 Å². The van der Waals surface area contributed by atoms with Gasteiger partial charge in [-0.2, -0.15) is 0 Å². The number of methoxy groups -OCH3 is 1. The number of carbonyl (C=O) groups excluding carboxylic acids is 1. The molecule has 2 N–H and O–H groups in total. The molecule has 2 aliphatic heterocycles. The van der Waals surface area contributed by atoms with E-state index in [2.05, 4.69) is 85.9 Å². The normalized spacial score (nSPS) is 23.8. The van der Waals surface area contributed by atoms with Gasteiger partial charge in [-0.15, -0.1) is 11.3 Å². The van der Waals surface area contributed by atoms with Crippen molar-refractivity contribution in [2.45, 2.75) is 90.7 Å². The number of nitrogens with one attached hydrogen (secondary N) is 2. The Labute approximate surface area is 268 Å². The molecule has 7 heteroatoms. The summed E-state index contributed by atoms with van der Waals surface area (Å²) < 4.78 is 6.17. The molecule has 240 valence electrons. The summed E-state index contributed by atoms with van der Waals surface area (Å²) in [4.78, 5) is 25.4. The van der Waals surface area contributed by atoms with Gasteiger partial charge >= 0.3 is 0 Å². The first-order chi connectivity index (χ1) is 21.1. The first-order valence-corrected chi connectivity index (χ1v) is 17.9. The number of rotatable bonds is 12. The Morgan fingerprint density at radius 3 is 2.36 bits per heavy atom. The maximum atomic E-state index is 14.0. The number of ketones is 1. The number of ether oxygens (including phenoxy) is 1. The van der Waals surface area contributed by atoms with Crippen LogP contribution in [-0.2, 0) is 21.4 Å². The van der Waals surface area contributed by atoms with Gasteiger partial charge in [0.05, 0.1) is 16.7 Å². The van der Waals surface area contributed by atoms with Crippen LogP contribution in [0.15, 0.2) is 24.3 Å². The number of aromatic nitrogens is 1. The molecule has 0 radical (unpaired) electrons. The van der Waals surface area contributed by atoms with Crippen LogP contribution >= 0.6 is 11.3 Å². The van der Waals surface area contributed by atoms with Gasteiger partial charge in [0.1, 0.15) is 10.6 Å². The molecule has 3 aliphatic rings. The minimum absolute atomic E-state index is 0.0389. The Balaban J connectivity index is 1.26. The van der Waals surface area contributed by atoms with Crippen LogP contribution in [0.2, 0.25) is 0 Å². The second-order valence-corrected chi connectivity index (χ2v) is 15.6. The van der Waals surface area contributed by atoms with Gasteiger partial charge in [-0.05, 0) is 115 Å². The molecule has 3 atom stereocenters. The first-order valence-electron chi connectivity index (χ1n) is 17.1. The maximum Gasteiger partial charge on any atom is 0.148 e. The molecule has 6 nitrogen and oxygen atoms in total. The highest BCUT2D eigenvalue weighted by molar-refractivity contribution is 7.19. The number of hydrogen-bond acceptors (Lipinski definition) is 6. The number of piperidine rings is 2. The highest BCUT2D eigenvalue weighted by atomic mass is 32.1. The standard InChI is InChI=1S/C37H54N4O2S/c1-8-40(9-2)23-37(43-7)13-16-41(17-14-37)15-12-28-29-21-31(36(5,6)34(42)32-26-10-11-30(32)38-22-26)44-35(29)39-33(28)27-19-24(3)18-25(4)20-27/h18-21,26,30,32,38-39H,8-17,22-23H2,1-7H3. The second-order valence-electron chi connectivity index (χ2n) is 14.5. The molecule has 2 saturated heterocycles. The number of fused-ring (bicyclic) bond motifs is 3. The van der Waals surface area contributed by atoms with Crippen molar-refractivity contribution in [1.29, 1.82) is 0 Å². The maximum absolute atomic E-state index is 14.0. The molecular formula is C37H54N4O2S. The number of Topliss-reactive ketones (excluding diaryl/α,β-unsaturated/α-hetero) is 1. The summed E-state index contributed by atoms with van der Waals surface area (Å²) in [6.45, 7) is 20.5. The van der Waals surface area contributed by atoms with Crippen LogP contribution < -0.4 is 5.32 Å². The minimum atomic E-state index is -0.485. The number of likely N-dealkylation sites (N-methyl/N-ethyl adjacent to an activating group) is 1. The zero-order chi connectivity index (χ0) is 31.2. The second kappa shape index (κ2) is 12.6. The Bertz CT molecular complexity index is 1440. The summed E-state index contributed by atoms with van der Waals surface area (Å²) in [6.07, 6.45) is 5.46. The number of nitrogens with zero attached hydrogens (tertiary/aromatic N) is 2. The number of hydrogen-bond donors (Lipinski definition) is 2. The molecule has 0 amide bonds. The quantitative estimate of drug-likeness (QED) is 0.236. The van der Waals surface area contributed by atoms with Crippen molar-refractivity contribution in [3.63, 3.8) is 0 Å². The molecule has 6 rings (SSSR count). The van der Waals surface area contributed by atoms with Gasteiger partial charge in [0.2, 0.25) is 0 Å². The van der Waals surface area contributed by atoms with Gasteiger partial charge in [0.15, 0.2) is 0 Å². The topological polar surface area (TPSA) is 60.6 Å². The van der Waals surface area contributed by atoms with E-state index in [1.165, 1.54) is 49.5 Å². The average molecular weight is 619 g/mol. The van der Waals surface area contributed by atoms with Crippen molar-refractivity contribution >= 4 is 27.3 Å². The smallest absolute Gasteiger partial charge is 0.148 e. The summed E-state index contributed by atoms with van der Waals surface area (Å²) in [7, 11) is 1.90. The van der Waals surface area contributed by atoms with Gasteiger partial charge in [-0.3, -0.25) is 4.79 Å². The summed E-state index contributed by atoms with van der Waals surface area (Å²) in [5, 5.41) is 4.91. The molecule has 0 spiro atoms. The number of benzene rings is 1. The lowest BCUT2D eigenvalue weighted by molar-refractivity contribution is -0.128. The number of likely N-dealkylation sites (tertiary alicyclic amines) is 1. The third-order valence-corrected chi connectivity index (χ3v) is 12.7. The third kappa shape index (κ3) is 5.95. The largest absolute Gasteiger partial charge is 0.377 e. The predicted molar refractivity (Wildman–Crippen MR) is 184 cm³/mol. The summed E-state index contributed by atoms with van der Waals surface area (Å²) in [5.74, 6) is 1.10. The van der Waals surface area contributed by atoms with Crippen LogP contribution in [0.3, 0.4) is 0 Å². The summed E-state index contributed by atoms with van der Waals surface area (Å²) in [5.41, 5.74) is 5.96. The van der Waals surface area contributed by atoms with Crippen LogP contribution in [0.4, 0.5) is 0 Å². The fraction of sp³-hybridized carbons (Fsp3) is 0.649. The van der Waals surface area contributed by atoms with Crippen LogP contribution in [0.25, 0.3) is 21.5 Å². The Morgan fingerprint density at radius 2 is 1.80 bits per heavy atom. The number of aromatic amines is 1. The number of aryl methyl sites for hydroxylation is 2. The fourth-order valence-corrected chi connectivity index (χ4v) is 9.67. The zero-order valence-corrected chi connectivity index (χ0v) is 29.0. The minimum Gasteiger partial charge on any atom is -0.377 e. The van der Waals surface area contributed by atoms with Crippen molar-refractivity contribution in [3.05, 3.63) is 45.8 Å². The van der Waals surface area contributed by atoms with Crippen molar-refractivity contribution in [2.24, 2.45) is 11.8 Å². The summed E-state index contributed by atoms with van der Waals surface area (Å²) >= 11 is 1.79. The van der Waals surface area contributed by atoms with Crippen molar-refractivity contribution < 1.29 is 9.53 Å². The lowest BCUT2D eigenvalue weighted by Gasteiger charge is -2.43. The van der Waals surface area contributed by atoms with Gasteiger partial charge in [-0.25, -0.2) is 0 Å². The Hall–Kier alpha value is -2.03. The molecule has 3 unspecified atom stereocenters. The number of carbonyl (C=O) groups is 1. The van der Waals surface area contributed by atoms with E-state index in [1.54, 1.807) is 11.3 Å². The molecule has 4 heterocycles. The highest BCUT2D eigenvalue weighted by Crippen LogP contribution is 2.45. The molecule has 2 aromatic heterocycles. The lowest BCUT2D eigenvalue weighted by Crippen LogP contribution is -2.52. The van der Waals surface area contributed by atoms with E-state index < -0.39 is 5.41 Å². The van der Waals surface area contributed by atoms with Crippen LogP contribution in [0.1, 0.15) is 74.9 Å². The van der Waals surface area contributed by atoms with E-state index in [0.717, 1.165) is 71.5 Å². The molecule has 1 aromatic carbocycles. The number of H-pyrrole nitrogens is 1. The Kier molecular flexibility index (Phi) is 9.17. The fourth-order valence-electron chi connectivity index (χ4n) is 8.48. The first kappa shape index (κ1) is 31.9. The average Bonchev–Trinajstić information content (AvgIpc) is 3.79. The van der Waals surface area contributed by atoms with Crippen LogP contribution in [-0.4, -0.2) is 85.1 Å². The number of thiophene rings is 1. The van der Waals surface area contributed by atoms with Gasteiger partial charge < -0.3 is 24.8 Å². The van der Waals surface area contributed by atoms with E-state index in [1.807, 2.05) is 7.11 Å². The van der Waals surface area contributed by atoms with Gasteiger partial charge in [0.25, 0.3) is 0 Å². The van der Waals surface area contributed by atoms with E-state index in [-0.39, 0.29) is 11.5 Å². The summed E-state index contributed by atoms with van der Waals surface area (Å²) in [6, 6.07) is 9.60. The Morgan fingerprint density at radius 1 is 1.09 bits per heavy atom. The molecule has 2 bridgehead atoms.